The molecule has 7 nitrogen and oxygen atoms in total. The molecule has 11 heteroatoms. The van der Waals surface area contributed by atoms with Gasteiger partial charge in [-0.15, -0.1) is 0 Å². The van der Waals surface area contributed by atoms with Gasteiger partial charge in [-0.25, -0.2) is 4.79 Å². The summed E-state index contributed by atoms with van der Waals surface area (Å²) in [6.45, 7) is 4.83. The van der Waals surface area contributed by atoms with E-state index in [9.17, 15) is 23.2 Å². The van der Waals surface area contributed by atoms with Gasteiger partial charge in [-0.05, 0) is 72.6 Å². The van der Waals surface area contributed by atoms with Gasteiger partial charge in [0.1, 0.15) is 0 Å². The Morgan fingerprint density at radius 1 is 1.05 bits per heavy atom. The summed E-state index contributed by atoms with van der Waals surface area (Å²) in [7, 11) is 0. The number of halogens is 4. The van der Waals surface area contributed by atoms with Crippen LogP contribution in [0.3, 0.4) is 0 Å². The van der Waals surface area contributed by atoms with Crippen LogP contribution in [0, 0.1) is 5.92 Å². The van der Waals surface area contributed by atoms with Crippen molar-refractivity contribution in [3.05, 3.63) is 83.5 Å². The van der Waals surface area contributed by atoms with E-state index in [0.717, 1.165) is 34.4 Å². The first-order valence-electron chi connectivity index (χ1n) is 11.8. The lowest BCUT2D eigenvalue weighted by Crippen LogP contribution is -2.33. The third-order valence-corrected chi connectivity index (χ3v) is 6.51. The summed E-state index contributed by atoms with van der Waals surface area (Å²) < 4.78 is 41.3. The molecule has 1 atom stereocenters. The number of benzene rings is 3. The van der Waals surface area contributed by atoms with Gasteiger partial charge in [-0.3, -0.25) is 5.21 Å². The van der Waals surface area contributed by atoms with E-state index in [2.05, 4.69) is 24.5 Å². The van der Waals surface area contributed by atoms with E-state index in [1.165, 1.54) is 0 Å². The Morgan fingerprint density at radius 3 is 2.39 bits per heavy atom. The van der Waals surface area contributed by atoms with E-state index >= 15 is 0 Å². The number of nitrogens with one attached hydrogen (secondary N) is 2. The number of aromatic nitrogens is 1. The first-order valence-corrected chi connectivity index (χ1v) is 12.2. The highest BCUT2D eigenvalue weighted by atomic mass is 35.5. The summed E-state index contributed by atoms with van der Waals surface area (Å²) in [6, 6.07) is 16.5. The number of amides is 2. The van der Waals surface area contributed by atoms with Crippen molar-refractivity contribution in [2.24, 2.45) is 11.7 Å². The van der Waals surface area contributed by atoms with E-state index < -0.39 is 22.8 Å². The fourth-order valence-corrected chi connectivity index (χ4v) is 4.04. The van der Waals surface area contributed by atoms with Crippen molar-refractivity contribution in [3.63, 3.8) is 0 Å². The zero-order valence-corrected chi connectivity index (χ0v) is 21.4. The highest BCUT2D eigenvalue weighted by Crippen LogP contribution is 2.37. The molecule has 0 saturated carbocycles. The first-order chi connectivity index (χ1) is 17.9. The minimum Gasteiger partial charge on any atom is -0.383 e. The summed E-state index contributed by atoms with van der Waals surface area (Å²) in [6.07, 6.45) is -2.81. The number of nitrogens with two attached hydrogens (primary N) is 1. The molecule has 1 heterocycles. The topological polar surface area (TPSA) is 95.5 Å². The number of alkyl halides is 3. The molecule has 0 unspecified atom stereocenters. The molecule has 0 bridgehead atoms. The number of hydrogen-bond acceptors (Lipinski definition) is 4. The average molecular weight is 546 g/mol. The number of anilines is 3. The minimum atomic E-state index is -4.73. The van der Waals surface area contributed by atoms with Crippen molar-refractivity contribution >= 4 is 45.6 Å². The molecule has 0 aliphatic carbocycles. The zero-order valence-electron chi connectivity index (χ0n) is 20.6. The fourth-order valence-electron chi connectivity index (χ4n) is 3.81. The van der Waals surface area contributed by atoms with Crippen molar-refractivity contribution in [2.75, 3.05) is 22.2 Å². The number of urea groups is 1. The molecule has 0 spiro atoms. The maximum Gasteiger partial charge on any atom is 0.417 e. The van der Waals surface area contributed by atoms with Gasteiger partial charge in [0.15, 0.2) is 0 Å². The number of carbonyl (C=O) groups excluding carboxylic acids is 1. The Hall–Kier alpha value is -3.73. The standard InChI is InChI=1S/C27H27ClF3N5O2/c1-16(2)24(32)15-33-19-5-10-25-17(13-19)11-12-35(25)20-6-3-18(4-7-20)34-26(37)36(38)21-8-9-23(28)22(14-21)27(29,30)31/h3-14,16,24,33,38H,15,32H2,1-2H3,(H,34,37)/t24-/m1/s1. The van der Waals surface area contributed by atoms with Crippen LogP contribution in [0.4, 0.5) is 35.0 Å². The molecule has 0 aliphatic heterocycles. The Labute approximate surface area is 222 Å². The maximum atomic E-state index is 13.1. The van der Waals surface area contributed by atoms with Gasteiger partial charge in [0, 0.05) is 41.2 Å². The molecule has 4 aromatic rings. The number of rotatable bonds is 7. The smallest absolute Gasteiger partial charge is 0.383 e. The predicted octanol–water partition coefficient (Wildman–Crippen LogP) is 7.13. The number of hydrogen-bond donors (Lipinski definition) is 4. The van der Waals surface area contributed by atoms with Crippen LogP contribution < -0.4 is 21.4 Å². The molecule has 5 N–H and O–H groups in total. The van der Waals surface area contributed by atoms with Crippen LogP contribution in [0.2, 0.25) is 5.02 Å². The fraction of sp³-hybridized carbons (Fsp3) is 0.222. The van der Waals surface area contributed by atoms with E-state index in [4.69, 9.17) is 17.3 Å². The van der Waals surface area contributed by atoms with Gasteiger partial charge in [-0.1, -0.05) is 25.4 Å². The quantitative estimate of drug-likeness (QED) is 0.147. The molecule has 200 valence electrons. The van der Waals surface area contributed by atoms with Crippen molar-refractivity contribution in [1.29, 1.82) is 0 Å². The van der Waals surface area contributed by atoms with Crippen molar-refractivity contribution in [2.45, 2.75) is 26.1 Å². The van der Waals surface area contributed by atoms with Crippen LogP contribution in [-0.4, -0.2) is 28.4 Å². The molecule has 38 heavy (non-hydrogen) atoms. The van der Waals surface area contributed by atoms with Gasteiger partial charge < -0.3 is 20.9 Å². The summed E-state index contributed by atoms with van der Waals surface area (Å²) in [5, 5.41) is 16.6. The lowest BCUT2D eigenvalue weighted by molar-refractivity contribution is -0.137. The lowest BCUT2D eigenvalue weighted by Gasteiger charge is -2.18. The van der Waals surface area contributed by atoms with E-state index in [1.54, 1.807) is 24.3 Å². The molecular formula is C27H27ClF3N5O2. The first kappa shape index (κ1) is 27.3. The third kappa shape index (κ3) is 6.04. The molecule has 2 amide bonds. The number of nitrogens with zero attached hydrogens (tertiary/aromatic N) is 2. The number of hydroxylamine groups is 1. The van der Waals surface area contributed by atoms with Gasteiger partial charge in [0.05, 0.1) is 21.8 Å². The molecular weight excluding hydrogens is 519 g/mol. The Kier molecular flexibility index (Phi) is 7.86. The second-order valence-corrected chi connectivity index (χ2v) is 9.61. The maximum absolute atomic E-state index is 13.1. The third-order valence-electron chi connectivity index (χ3n) is 6.18. The molecule has 0 radical (unpaired) electrons. The highest BCUT2D eigenvalue weighted by Gasteiger charge is 2.34. The average Bonchev–Trinajstić information content (AvgIpc) is 3.30. The summed E-state index contributed by atoms with van der Waals surface area (Å²) in [5.41, 5.74) is 7.70. The summed E-state index contributed by atoms with van der Waals surface area (Å²) >= 11 is 5.60. The van der Waals surface area contributed by atoms with Gasteiger partial charge in [0.25, 0.3) is 0 Å². The Morgan fingerprint density at radius 2 is 1.74 bits per heavy atom. The second kappa shape index (κ2) is 10.9. The monoisotopic (exact) mass is 545 g/mol. The zero-order chi connectivity index (χ0) is 27.6. The van der Waals surface area contributed by atoms with E-state index in [0.29, 0.717) is 24.2 Å². The largest absolute Gasteiger partial charge is 0.417 e. The number of carbonyl (C=O) groups is 1. The highest BCUT2D eigenvalue weighted by molar-refractivity contribution is 6.31. The van der Waals surface area contributed by atoms with Crippen molar-refractivity contribution < 1.29 is 23.2 Å². The molecule has 0 fully saturated rings. The Bertz CT molecular complexity index is 1440. The predicted molar refractivity (Wildman–Crippen MR) is 144 cm³/mol. The van der Waals surface area contributed by atoms with Gasteiger partial charge in [-0.2, -0.15) is 18.2 Å². The van der Waals surface area contributed by atoms with Gasteiger partial charge >= 0.3 is 12.2 Å². The molecule has 0 saturated heterocycles. The van der Waals surface area contributed by atoms with Crippen LogP contribution in [0.15, 0.2) is 72.9 Å². The molecule has 0 aliphatic rings. The summed E-state index contributed by atoms with van der Waals surface area (Å²) in [4.78, 5) is 12.4. The molecule has 1 aromatic heterocycles. The Balaban J connectivity index is 1.45. The molecule has 4 rings (SSSR count). The lowest BCUT2D eigenvalue weighted by atomic mass is 10.1. The van der Waals surface area contributed by atoms with Crippen LogP contribution in [0.5, 0.6) is 0 Å². The van der Waals surface area contributed by atoms with Crippen LogP contribution in [-0.2, 0) is 6.18 Å². The SMILES string of the molecule is CC(C)[C@H](N)CNc1ccc2c(ccn2-c2ccc(NC(=O)N(O)c3ccc(Cl)c(C(F)(F)F)c3)cc2)c1. The minimum absolute atomic E-state index is 0.0516. The van der Waals surface area contributed by atoms with E-state index in [-0.39, 0.29) is 16.8 Å². The van der Waals surface area contributed by atoms with Crippen molar-refractivity contribution in [1.82, 2.24) is 4.57 Å². The summed E-state index contributed by atoms with van der Waals surface area (Å²) in [5.74, 6) is 0.375. The second-order valence-electron chi connectivity index (χ2n) is 9.20. The van der Waals surface area contributed by atoms with Gasteiger partial charge in [0.2, 0.25) is 0 Å². The van der Waals surface area contributed by atoms with Crippen LogP contribution >= 0.6 is 11.6 Å². The normalized spacial score (nSPS) is 12.6. The van der Waals surface area contributed by atoms with Crippen LogP contribution in [0.25, 0.3) is 16.6 Å². The molecule has 3 aromatic carbocycles. The van der Waals surface area contributed by atoms with Crippen molar-refractivity contribution in [3.8, 4) is 5.69 Å². The van der Waals surface area contributed by atoms with E-state index in [1.807, 2.05) is 35.0 Å². The van der Waals surface area contributed by atoms with Crippen LogP contribution in [0.1, 0.15) is 19.4 Å². The number of fused-ring (bicyclic) bond motifs is 1.